The van der Waals surface area contributed by atoms with Gasteiger partial charge in [-0.1, -0.05) is 51.8 Å². The van der Waals surface area contributed by atoms with Gasteiger partial charge in [-0.25, -0.2) is 0 Å². The number of nitriles is 1. The highest BCUT2D eigenvalue weighted by Gasteiger charge is 2.12. The fourth-order valence-corrected chi connectivity index (χ4v) is 3.47. The molecule has 0 fully saturated rings. The number of nitrogens with one attached hydrogen (secondary N) is 1. The third kappa shape index (κ3) is 5.50. The lowest BCUT2D eigenvalue weighted by Gasteiger charge is -2.10. The van der Waals surface area contributed by atoms with Gasteiger partial charge < -0.3 is 10.1 Å². The van der Waals surface area contributed by atoms with Crippen molar-refractivity contribution in [1.29, 1.82) is 5.26 Å². The third-order valence-corrected chi connectivity index (χ3v) is 5.32. The van der Waals surface area contributed by atoms with Crippen molar-refractivity contribution in [3.05, 3.63) is 98.5 Å². The molecular weight excluding hydrogens is 464 g/mol. The van der Waals surface area contributed by atoms with Crippen LogP contribution in [0.25, 0.3) is 6.08 Å². The number of methoxy groups -OCH3 is 1. The zero-order chi connectivity index (χ0) is 21.5. The molecule has 1 amide bonds. The van der Waals surface area contributed by atoms with Crippen LogP contribution in [0.2, 0.25) is 5.02 Å². The van der Waals surface area contributed by atoms with E-state index < -0.39 is 5.91 Å². The molecule has 0 radical (unpaired) electrons. The number of nitrogens with zero attached hydrogens (tertiary/aromatic N) is 1. The highest BCUT2D eigenvalue weighted by Crippen LogP contribution is 2.25. The van der Waals surface area contributed by atoms with Crippen LogP contribution in [-0.2, 0) is 11.2 Å². The maximum Gasteiger partial charge on any atom is 0.266 e. The van der Waals surface area contributed by atoms with Gasteiger partial charge in [0.15, 0.2) is 0 Å². The van der Waals surface area contributed by atoms with Crippen molar-refractivity contribution in [3.8, 4) is 11.8 Å². The van der Waals surface area contributed by atoms with Gasteiger partial charge in [0, 0.05) is 15.2 Å². The number of ether oxygens (including phenoxy) is 1. The Bertz CT molecular complexity index is 1130. The summed E-state index contributed by atoms with van der Waals surface area (Å²) in [5.41, 5.74) is 3.27. The average Bonchev–Trinajstić information content (AvgIpc) is 2.75. The normalized spacial score (nSPS) is 10.9. The summed E-state index contributed by atoms with van der Waals surface area (Å²) in [5, 5.41) is 13.0. The number of rotatable bonds is 6. The Morgan fingerprint density at radius 1 is 1.13 bits per heavy atom. The molecule has 0 aromatic heterocycles. The third-order valence-electron chi connectivity index (χ3n) is 4.46. The molecule has 4 nitrogen and oxygen atoms in total. The Hall–Kier alpha value is -3.07. The Kier molecular flexibility index (Phi) is 7.29. The van der Waals surface area contributed by atoms with Gasteiger partial charge in [-0.15, -0.1) is 0 Å². The molecule has 0 saturated heterocycles. The Morgan fingerprint density at radius 2 is 1.87 bits per heavy atom. The first-order valence-corrected chi connectivity index (χ1v) is 10.3. The molecule has 0 heterocycles. The second-order valence-corrected chi connectivity index (χ2v) is 7.79. The predicted molar refractivity (Wildman–Crippen MR) is 124 cm³/mol. The molecule has 0 aliphatic heterocycles. The maximum atomic E-state index is 12.6. The molecule has 0 spiro atoms. The molecule has 150 valence electrons. The molecule has 0 unspecified atom stereocenters. The molecule has 30 heavy (non-hydrogen) atoms. The van der Waals surface area contributed by atoms with E-state index in [1.54, 1.807) is 37.5 Å². The average molecular weight is 482 g/mol. The van der Waals surface area contributed by atoms with Crippen molar-refractivity contribution in [2.24, 2.45) is 0 Å². The molecule has 0 aliphatic carbocycles. The van der Waals surface area contributed by atoms with E-state index in [0.29, 0.717) is 22.9 Å². The summed E-state index contributed by atoms with van der Waals surface area (Å²) >= 11 is 9.76. The number of benzene rings is 3. The van der Waals surface area contributed by atoms with Gasteiger partial charge in [0.25, 0.3) is 5.91 Å². The first-order chi connectivity index (χ1) is 14.5. The molecule has 1 N–H and O–H groups in total. The number of carbonyl (C=O) groups excluding carboxylic acids is 1. The second kappa shape index (κ2) is 10.1. The molecule has 0 bridgehead atoms. The Balaban J connectivity index is 1.89. The van der Waals surface area contributed by atoms with E-state index in [0.717, 1.165) is 21.2 Å². The minimum atomic E-state index is -0.480. The van der Waals surface area contributed by atoms with E-state index in [-0.39, 0.29) is 5.57 Å². The van der Waals surface area contributed by atoms with Crippen molar-refractivity contribution >= 4 is 45.2 Å². The summed E-state index contributed by atoms with van der Waals surface area (Å²) in [6, 6.07) is 22.3. The lowest BCUT2D eigenvalue weighted by atomic mass is 9.98. The van der Waals surface area contributed by atoms with Crippen molar-refractivity contribution in [1.82, 2.24) is 0 Å². The van der Waals surface area contributed by atoms with Crippen LogP contribution in [0.3, 0.4) is 0 Å². The lowest BCUT2D eigenvalue weighted by Crippen LogP contribution is -2.13. The van der Waals surface area contributed by atoms with E-state index in [1.165, 1.54) is 0 Å². The minimum Gasteiger partial charge on any atom is -0.497 e. The highest BCUT2D eigenvalue weighted by molar-refractivity contribution is 9.10. The maximum absolute atomic E-state index is 12.6. The number of anilines is 1. The van der Waals surface area contributed by atoms with E-state index in [2.05, 4.69) is 21.2 Å². The van der Waals surface area contributed by atoms with Crippen LogP contribution >= 0.6 is 27.5 Å². The van der Waals surface area contributed by atoms with Crippen LogP contribution in [-0.4, -0.2) is 13.0 Å². The standard InChI is InChI=1S/C24H18BrClN2O2/c1-30-22-10-8-21(9-11-22)28-24(29)19(15-27)13-18-14-20(25)7-6-16(18)12-17-4-2-3-5-23(17)26/h2-11,13-14H,12H2,1H3,(H,28,29)/b19-13+. The fourth-order valence-electron chi connectivity index (χ4n) is 2.88. The lowest BCUT2D eigenvalue weighted by molar-refractivity contribution is -0.112. The molecule has 3 rings (SSSR count). The van der Waals surface area contributed by atoms with Crippen LogP contribution in [0.15, 0.2) is 76.8 Å². The monoisotopic (exact) mass is 480 g/mol. The first kappa shape index (κ1) is 21.6. The summed E-state index contributed by atoms with van der Waals surface area (Å²) in [4.78, 5) is 12.6. The van der Waals surface area contributed by atoms with Crippen LogP contribution in [0.1, 0.15) is 16.7 Å². The van der Waals surface area contributed by atoms with Crippen LogP contribution in [0, 0.1) is 11.3 Å². The molecular formula is C24H18BrClN2O2. The number of hydrogen-bond acceptors (Lipinski definition) is 3. The van der Waals surface area contributed by atoms with Crippen molar-refractivity contribution in [2.75, 3.05) is 12.4 Å². The van der Waals surface area contributed by atoms with Gasteiger partial charge in [0.2, 0.25) is 0 Å². The Labute approximate surface area is 188 Å². The summed E-state index contributed by atoms with van der Waals surface area (Å²) < 4.78 is 5.96. The van der Waals surface area contributed by atoms with E-state index in [1.807, 2.05) is 48.5 Å². The summed E-state index contributed by atoms with van der Waals surface area (Å²) in [6.07, 6.45) is 2.17. The summed E-state index contributed by atoms with van der Waals surface area (Å²) in [7, 11) is 1.57. The van der Waals surface area contributed by atoms with Crippen molar-refractivity contribution < 1.29 is 9.53 Å². The van der Waals surface area contributed by atoms with Gasteiger partial charge in [0.1, 0.15) is 17.4 Å². The van der Waals surface area contributed by atoms with Crippen LogP contribution in [0.5, 0.6) is 5.75 Å². The molecule has 0 saturated carbocycles. The molecule has 3 aromatic rings. The van der Waals surface area contributed by atoms with E-state index in [9.17, 15) is 10.1 Å². The van der Waals surface area contributed by atoms with Gasteiger partial charge in [-0.3, -0.25) is 4.79 Å². The molecule has 6 heteroatoms. The zero-order valence-corrected chi connectivity index (χ0v) is 18.5. The Morgan fingerprint density at radius 3 is 2.53 bits per heavy atom. The highest BCUT2D eigenvalue weighted by atomic mass is 79.9. The number of halogens is 2. The van der Waals surface area contributed by atoms with Crippen molar-refractivity contribution in [3.63, 3.8) is 0 Å². The molecule has 0 aliphatic rings. The SMILES string of the molecule is COc1ccc(NC(=O)/C(C#N)=C/c2cc(Br)ccc2Cc2ccccc2Cl)cc1. The number of carbonyl (C=O) groups is 1. The van der Waals surface area contributed by atoms with Gasteiger partial charge in [-0.05, 0) is 71.7 Å². The van der Waals surface area contributed by atoms with Crippen LogP contribution in [0.4, 0.5) is 5.69 Å². The minimum absolute atomic E-state index is 0.00401. The predicted octanol–water partition coefficient (Wildman–Crippen LogP) is 6.25. The second-order valence-electron chi connectivity index (χ2n) is 6.46. The quantitative estimate of drug-likeness (QED) is 0.334. The summed E-state index contributed by atoms with van der Waals surface area (Å²) in [5.74, 6) is 0.203. The number of amides is 1. The summed E-state index contributed by atoms with van der Waals surface area (Å²) in [6.45, 7) is 0. The van der Waals surface area contributed by atoms with Crippen molar-refractivity contribution in [2.45, 2.75) is 6.42 Å². The topological polar surface area (TPSA) is 62.1 Å². The van der Waals surface area contributed by atoms with Gasteiger partial charge >= 0.3 is 0 Å². The number of hydrogen-bond donors (Lipinski definition) is 1. The molecule has 0 atom stereocenters. The fraction of sp³-hybridized carbons (Fsp3) is 0.0833. The largest absolute Gasteiger partial charge is 0.497 e. The van der Waals surface area contributed by atoms with E-state index >= 15 is 0 Å². The zero-order valence-electron chi connectivity index (χ0n) is 16.2. The van der Waals surface area contributed by atoms with Gasteiger partial charge in [-0.2, -0.15) is 5.26 Å². The smallest absolute Gasteiger partial charge is 0.266 e. The van der Waals surface area contributed by atoms with Gasteiger partial charge in [0.05, 0.1) is 7.11 Å². The van der Waals surface area contributed by atoms with Crippen LogP contribution < -0.4 is 10.1 Å². The molecule has 3 aromatic carbocycles. The van der Waals surface area contributed by atoms with E-state index in [4.69, 9.17) is 16.3 Å². The first-order valence-electron chi connectivity index (χ1n) is 9.09.